The zero-order valence-corrected chi connectivity index (χ0v) is 16.6. The lowest BCUT2D eigenvalue weighted by Gasteiger charge is -2.12. The van der Waals surface area contributed by atoms with Crippen molar-refractivity contribution in [1.82, 2.24) is 9.97 Å². The van der Waals surface area contributed by atoms with Crippen molar-refractivity contribution in [1.29, 1.82) is 0 Å². The van der Waals surface area contributed by atoms with Gasteiger partial charge >= 0.3 is 11.7 Å². The van der Waals surface area contributed by atoms with Gasteiger partial charge in [0.2, 0.25) is 11.6 Å². The molecule has 2 N–H and O–H groups in total. The molecule has 0 radical (unpaired) electrons. The van der Waals surface area contributed by atoms with Gasteiger partial charge in [0.05, 0.1) is 17.1 Å². The van der Waals surface area contributed by atoms with Gasteiger partial charge in [-0.1, -0.05) is 25.1 Å². The van der Waals surface area contributed by atoms with E-state index in [1.165, 1.54) is 6.33 Å². The van der Waals surface area contributed by atoms with Gasteiger partial charge in [-0.15, -0.1) is 0 Å². The summed E-state index contributed by atoms with van der Waals surface area (Å²) in [6, 6.07) is 13.9. The van der Waals surface area contributed by atoms with Crippen molar-refractivity contribution in [3.8, 4) is 0 Å². The molecule has 3 aromatic rings. The Labute approximate surface area is 173 Å². The summed E-state index contributed by atoms with van der Waals surface area (Å²) in [5.74, 6) is -0.310. The molecule has 0 atom stereocenters. The first kappa shape index (κ1) is 20.7. The average molecular weight is 407 g/mol. The minimum atomic E-state index is -0.536. The molecule has 0 unspecified atom stereocenters. The number of nitrogens with one attached hydrogen (secondary N) is 2. The fourth-order valence-corrected chi connectivity index (χ4v) is 2.85. The number of esters is 1. The van der Waals surface area contributed by atoms with Crippen LogP contribution >= 0.6 is 0 Å². The largest absolute Gasteiger partial charge is 0.462 e. The highest BCUT2D eigenvalue weighted by Gasteiger charge is 2.24. The van der Waals surface area contributed by atoms with Crippen LogP contribution in [0.15, 0.2) is 54.9 Å². The van der Waals surface area contributed by atoms with Crippen LogP contribution in [0.5, 0.6) is 0 Å². The molecule has 1 aromatic heterocycles. The standard InChI is InChI=1S/C21H21N5O4/c1-3-14-7-5-6-8-17(14)25-20-18(26(28)29)19(22-13-23-20)24-16-11-9-15(10-12-16)21(27)30-4-2/h5-13H,3-4H2,1-2H3,(H2,22,23,24,25). The first-order chi connectivity index (χ1) is 14.5. The van der Waals surface area contributed by atoms with Crippen LogP contribution in [0.4, 0.5) is 28.7 Å². The summed E-state index contributed by atoms with van der Waals surface area (Å²) < 4.78 is 4.95. The molecule has 0 aliphatic heterocycles. The summed E-state index contributed by atoms with van der Waals surface area (Å²) in [6.07, 6.45) is 2.01. The third kappa shape index (κ3) is 4.69. The van der Waals surface area contributed by atoms with Gasteiger partial charge in [-0.05, 0) is 49.2 Å². The van der Waals surface area contributed by atoms with Crippen molar-refractivity contribution in [3.63, 3.8) is 0 Å². The number of hydrogen-bond donors (Lipinski definition) is 2. The molecular weight excluding hydrogens is 386 g/mol. The number of carbonyl (C=O) groups excluding carboxylic acids is 1. The number of aromatic nitrogens is 2. The van der Waals surface area contributed by atoms with Crippen molar-refractivity contribution >= 4 is 34.7 Å². The van der Waals surface area contributed by atoms with Gasteiger partial charge in [-0.3, -0.25) is 10.1 Å². The summed E-state index contributed by atoms with van der Waals surface area (Å²) in [7, 11) is 0. The molecule has 0 bridgehead atoms. The minimum absolute atomic E-state index is 0.0374. The van der Waals surface area contributed by atoms with Gasteiger partial charge in [-0.25, -0.2) is 14.8 Å². The molecular formula is C21H21N5O4. The predicted molar refractivity (Wildman–Crippen MR) is 113 cm³/mol. The number of ether oxygens (including phenoxy) is 1. The second-order valence-corrected chi connectivity index (χ2v) is 6.24. The van der Waals surface area contributed by atoms with Crippen LogP contribution < -0.4 is 10.6 Å². The summed E-state index contributed by atoms with van der Waals surface area (Å²) in [5.41, 5.74) is 2.39. The highest BCUT2D eigenvalue weighted by atomic mass is 16.6. The molecule has 0 fully saturated rings. The van der Waals surface area contributed by atoms with E-state index in [4.69, 9.17) is 4.74 Å². The van der Waals surface area contributed by atoms with Crippen molar-refractivity contribution in [3.05, 3.63) is 76.1 Å². The van der Waals surface area contributed by atoms with Gasteiger partial charge < -0.3 is 15.4 Å². The number of para-hydroxylation sites is 1. The van der Waals surface area contributed by atoms with E-state index in [2.05, 4.69) is 20.6 Å². The van der Waals surface area contributed by atoms with E-state index >= 15 is 0 Å². The molecule has 9 nitrogen and oxygen atoms in total. The van der Waals surface area contributed by atoms with Crippen LogP contribution in [0.3, 0.4) is 0 Å². The third-order valence-electron chi connectivity index (χ3n) is 4.31. The molecule has 0 saturated heterocycles. The minimum Gasteiger partial charge on any atom is -0.462 e. The van der Waals surface area contributed by atoms with Gasteiger partial charge in [0, 0.05) is 11.4 Å². The van der Waals surface area contributed by atoms with Crippen LogP contribution in [0, 0.1) is 10.1 Å². The number of hydrogen-bond acceptors (Lipinski definition) is 8. The Morgan fingerprint density at radius 1 is 1.03 bits per heavy atom. The maximum Gasteiger partial charge on any atom is 0.353 e. The maximum absolute atomic E-state index is 11.8. The fraction of sp³-hybridized carbons (Fsp3) is 0.190. The SMILES string of the molecule is CCOC(=O)c1ccc(Nc2ncnc(Nc3ccccc3CC)c2[N+](=O)[O-])cc1. The Bertz CT molecular complexity index is 1050. The van der Waals surface area contributed by atoms with Crippen LogP contribution in [-0.2, 0) is 11.2 Å². The number of rotatable bonds is 8. The van der Waals surface area contributed by atoms with E-state index in [1.54, 1.807) is 31.2 Å². The van der Waals surface area contributed by atoms with Crippen molar-refractivity contribution in [2.45, 2.75) is 20.3 Å². The third-order valence-corrected chi connectivity index (χ3v) is 4.31. The van der Waals surface area contributed by atoms with E-state index in [1.807, 2.05) is 31.2 Å². The molecule has 0 spiro atoms. The normalized spacial score (nSPS) is 10.3. The van der Waals surface area contributed by atoms with Crippen LogP contribution in [0.2, 0.25) is 0 Å². The monoisotopic (exact) mass is 407 g/mol. The van der Waals surface area contributed by atoms with E-state index in [0.717, 1.165) is 17.7 Å². The first-order valence-electron chi connectivity index (χ1n) is 9.42. The molecule has 0 amide bonds. The summed E-state index contributed by atoms with van der Waals surface area (Å²) in [5, 5.41) is 17.7. The second kappa shape index (κ2) is 9.46. The predicted octanol–water partition coefficient (Wildman–Crippen LogP) is 4.61. The Balaban J connectivity index is 1.89. The lowest BCUT2D eigenvalue weighted by Crippen LogP contribution is -2.07. The summed E-state index contributed by atoms with van der Waals surface area (Å²) >= 11 is 0. The van der Waals surface area contributed by atoms with E-state index in [9.17, 15) is 14.9 Å². The second-order valence-electron chi connectivity index (χ2n) is 6.24. The van der Waals surface area contributed by atoms with E-state index in [-0.39, 0.29) is 23.9 Å². The molecule has 30 heavy (non-hydrogen) atoms. The molecule has 9 heteroatoms. The van der Waals surface area contributed by atoms with Crippen molar-refractivity contribution in [2.24, 2.45) is 0 Å². The zero-order chi connectivity index (χ0) is 21.5. The molecule has 0 aliphatic carbocycles. The van der Waals surface area contributed by atoms with Crippen molar-refractivity contribution in [2.75, 3.05) is 17.2 Å². The van der Waals surface area contributed by atoms with Crippen molar-refractivity contribution < 1.29 is 14.5 Å². The van der Waals surface area contributed by atoms with Crippen LogP contribution in [-0.4, -0.2) is 27.5 Å². The lowest BCUT2D eigenvalue weighted by atomic mass is 10.1. The number of aryl methyl sites for hydroxylation is 1. The van der Waals surface area contributed by atoms with E-state index < -0.39 is 10.9 Å². The molecule has 0 aliphatic rings. The molecule has 154 valence electrons. The fourth-order valence-electron chi connectivity index (χ4n) is 2.85. The summed E-state index contributed by atoms with van der Waals surface area (Å²) in [6.45, 7) is 4.01. The molecule has 2 aromatic carbocycles. The summed E-state index contributed by atoms with van der Waals surface area (Å²) in [4.78, 5) is 31.1. The first-order valence-corrected chi connectivity index (χ1v) is 9.42. The van der Waals surface area contributed by atoms with E-state index in [0.29, 0.717) is 11.3 Å². The van der Waals surface area contributed by atoms with Gasteiger partial charge in [0.1, 0.15) is 6.33 Å². The smallest absolute Gasteiger partial charge is 0.353 e. The molecule has 0 saturated carbocycles. The Hall–Kier alpha value is -4.01. The molecule has 1 heterocycles. The topological polar surface area (TPSA) is 119 Å². The number of carbonyl (C=O) groups is 1. The van der Waals surface area contributed by atoms with Crippen LogP contribution in [0.1, 0.15) is 29.8 Å². The number of nitro groups is 1. The van der Waals surface area contributed by atoms with Gasteiger partial charge in [0.25, 0.3) is 0 Å². The zero-order valence-electron chi connectivity index (χ0n) is 16.6. The highest BCUT2D eigenvalue weighted by molar-refractivity contribution is 5.90. The van der Waals surface area contributed by atoms with Gasteiger partial charge in [-0.2, -0.15) is 0 Å². The Kier molecular flexibility index (Phi) is 6.53. The lowest BCUT2D eigenvalue weighted by molar-refractivity contribution is -0.383. The average Bonchev–Trinajstić information content (AvgIpc) is 2.75. The molecule has 3 rings (SSSR count). The highest BCUT2D eigenvalue weighted by Crippen LogP contribution is 2.33. The quantitative estimate of drug-likeness (QED) is 0.316. The number of anilines is 4. The number of benzene rings is 2. The Morgan fingerprint density at radius 3 is 2.33 bits per heavy atom. The maximum atomic E-state index is 11.8. The van der Waals surface area contributed by atoms with Crippen LogP contribution in [0.25, 0.3) is 0 Å². The Morgan fingerprint density at radius 2 is 1.70 bits per heavy atom. The number of nitrogens with zero attached hydrogens (tertiary/aromatic N) is 3. The van der Waals surface area contributed by atoms with Gasteiger partial charge in [0.15, 0.2) is 0 Å².